The Balaban J connectivity index is 1.58. The van der Waals surface area contributed by atoms with Crippen LogP contribution in [0.2, 0.25) is 0 Å². The van der Waals surface area contributed by atoms with Gasteiger partial charge in [-0.15, -0.1) is 0 Å². The lowest BCUT2D eigenvalue weighted by atomic mass is 10.2. The van der Waals surface area contributed by atoms with Gasteiger partial charge in [0, 0.05) is 49.7 Å². The third-order valence-electron chi connectivity index (χ3n) is 4.24. The van der Waals surface area contributed by atoms with Crippen molar-refractivity contribution in [2.24, 2.45) is 0 Å². The number of nitro groups is 1. The zero-order valence-electron chi connectivity index (χ0n) is 14.0. The summed E-state index contributed by atoms with van der Waals surface area (Å²) >= 11 is 0. The zero-order chi connectivity index (χ0) is 17.8. The van der Waals surface area contributed by atoms with Crippen LogP contribution in [-0.2, 0) is 0 Å². The van der Waals surface area contributed by atoms with Gasteiger partial charge in [-0.05, 0) is 30.7 Å². The van der Waals surface area contributed by atoms with Gasteiger partial charge in [0.2, 0.25) is 0 Å². The van der Waals surface area contributed by atoms with E-state index in [0.29, 0.717) is 18.8 Å². The average Bonchev–Trinajstić information content (AvgIpc) is 2.62. The van der Waals surface area contributed by atoms with Crippen molar-refractivity contribution in [3.63, 3.8) is 0 Å². The highest BCUT2D eigenvalue weighted by Gasteiger charge is 2.21. The van der Waals surface area contributed by atoms with Gasteiger partial charge in [0.1, 0.15) is 0 Å². The number of nitrogens with zero attached hydrogens (tertiary/aromatic N) is 3. The molecule has 7 heteroatoms. The number of non-ortho nitro benzene ring substituents is 1. The molecule has 7 nitrogen and oxygen atoms in total. The lowest BCUT2D eigenvalue weighted by molar-refractivity contribution is -0.384. The van der Waals surface area contributed by atoms with Gasteiger partial charge in [-0.1, -0.05) is 18.2 Å². The van der Waals surface area contributed by atoms with Crippen molar-refractivity contribution in [2.75, 3.05) is 36.4 Å². The van der Waals surface area contributed by atoms with Gasteiger partial charge in [0.05, 0.1) is 4.92 Å². The average molecular weight is 340 g/mol. The number of nitrogens with one attached hydrogen (secondary N) is 1. The van der Waals surface area contributed by atoms with E-state index >= 15 is 0 Å². The quantitative estimate of drug-likeness (QED) is 0.687. The van der Waals surface area contributed by atoms with Crippen LogP contribution in [0.3, 0.4) is 0 Å². The summed E-state index contributed by atoms with van der Waals surface area (Å²) in [6.45, 7) is 4.78. The first-order chi connectivity index (χ1) is 12.0. The van der Waals surface area contributed by atoms with Crippen LogP contribution in [0.25, 0.3) is 0 Å². The summed E-state index contributed by atoms with van der Waals surface area (Å²) in [5.74, 6) is 0. The van der Waals surface area contributed by atoms with Crippen molar-refractivity contribution < 1.29 is 9.72 Å². The molecule has 1 saturated heterocycles. The molecule has 1 fully saturated rings. The maximum absolute atomic E-state index is 12.4. The van der Waals surface area contributed by atoms with Gasteiger partial charge in [-0.3, -0.25) is 10.1 Å². The molecule has 2 aromatic rings. The maximum Gasteiger partial charge on any atom is 0.321 e. The standard InChI is InChI=1S/C18H20N4O3/c1-14-4-2-6-16(12-14)20-8-10-21(11-9-20)18(23)19-15-5-3-7-17(13-15)22(24)25/h2-7,12-13H,8-11H2,1H3,(H,19,23). The van der Waals surface area contributed by atoms with E-state index in [2.05, 4.69) is 35.3 Å². The number of carbonyl (C=O) groups is 1. The van der Waals surface area contributed by atoms with Crippen LogP contribution in [-0.4, -0.2) is 42.0 Å². The van der Waals surface area contributed by atoms with Gasteiger partial charge in [-0.2, -0.15) is 0 Å². The van der Waals surface area contributed by atoms with E-state index in [0.717, 1.165) is 13.1 Å². The Labute approximate surface area is 146 Å². The second kappa shape index (κ2) is 7.21. The van der Waals surface area contributed by atoms with E-state index in [1.807, 2.05) is 6.07 Å². The number of benzene rings is 2. The van der Waals surface area contributed by atoms with E-state index in [9.17, 15) is 14.9 Å². The normalized spacial score (nSPS) is 14.3. The van der Waals surface area contributed by atoms with Crippen molar-refractivity contribution in [1.29, 1.82) is 0 Å². The second-order valence-electron chi connectivity index (χ2n) is 6.05. The number of piperazine rings is 1. The molecule has 0 unspecified atom stereocenters. The lowest BCUT2D eigenvalue weighted by Crippen LogP contribution is -2.50. The third kappa shape index (κ3) is 4.06. The van der Waals surface area contributed by atoms with Crippen LogP contribution < -0.4 is 10.2 Å². The van der Waals surface area contributed by atoms with Gasteiger partial charge < -0.3 is 15.1 Å². The molecule has 0 aromatic heterocycles. The molecule has 0 bridgehead atoms. The monoisotopic (exact) mass is 340 g/mol. The molecule has 1 heterocycles. The van der Waals surface area contributed by atoms with Crippen molar-refractivity contribution >= 4 is 23.1 Å². The summed E-state index contributed by atoms with van der Waals surface area (Å²) in [5.41, 5.74) is 2.77. The second-order valence-corrected chi connectivity index (χ2v) is 6.05. The number of nitro benzene ring substituents is 1. The first-order valence-corrected chi connectivity index (χ1v) is 8.15. The van der Waals surface area contributed by atoms with E-state index in [1.165, 1.54) is 23.4 Å². The van der Waals surface area contributed by atoms with Crippen LogP contribution in [0.15, 0.2) is 48.5 Å². The topological polar surface area (TPSA) is 78.7 Å². The molecule has 2 aromatic carbocycles. The van der Waals surface area contributed by atoms with E-state index < -0.39 is 4.92 Å². The summed E-state index contributed by atoms with van der Waals surface area (Å²) in [4.78, 5) is 26.7. The molecular formula is C18H20N4O3. The number of rotatable bonds is 3. The molecular weight excluding hydrogens is 320 g/mol. The zero-order valence-corrected chi connectivity index (χ0v) is 14.0. The molecule has 130 valence electrons. The summed E-state index contributed by atoms with van der Waals surface area (Å²) < 4.78 is 0. The van der Waals surface area contributed by atoms with Gasteiger partial charge >= 0.3 is 6.03 Å². The minimum Gasteiger partial charge on any atom is -0.368 e. The fraction of sp³-hybridized carbons (Fsp3) is 0.278. The highest BCUT2D eigenvalue weighted by Crippen LogP contribution is 2.20. The molecule has 25 heavy (non-hydrogen) atoms. The number of urea groups is 1. The highest BCUT2D eigenvalue weighted by atomic mass is 16.6. The van der Waals surface area contributed by atoms with Crippen molar-refractivity contribution in [2.45, 2.75) is 6.92 Å². The Morgan fingerprint density at radius 1 is 1.08 bits per heavy atom. The molecule has 0 radical (unpaired) electrons. The minimum absolute atomic E-state index is 0.0398. The Hall–Kier alpha value is -3.09. The lowest BCUT2D eigenvalue weighted by Gasteiger charge is -2.36. The van der Waals surface area contributed by atoms with Crippen molar-refractivity contribution in [3.8, 4) is 0 Å². The van der Waals surface area contributed by atoms with Crippen LogP contribution in [0, 0.1) is 17.0 Å². The fourth-order valence-electron chi connectivity index (χ4n) is 2.89. The Bertz CT molecular complexity index is 785. The van der Waals surface area contributed by atoms with Crippen LogP contribution >= 0.6 is 0 Å². The molecule has 3 rings (SSSR count). The van der Waals surface area contributed by atoms with E-state index in [1.54, 1.807) is 17.0 Å². The third-order valence-corrected chi connectivity index (χ3v) is 4.24. The molecule has 1 aliphatic heterocycles. The van der Waals surface area contributed by atoms with Crippen LogP contribution in [0.4, 0.5) is 21.9 Å². The summed E-state index contributed by atoms with van der Waals surface area (Å²) in [5, 5.41) is 13.5. The van der Waals surface area contributed by atoms with Crippen LogP contribution in [0.5, 0.6) is 0 Å². The molecule has 1 N–H and O–H groups in total. The molecule has 0 spiro atoms. The Morgan fingerprint density at radius 2 is 1.80 bits per heavy atom. The number of amides is 2. The van der Waals surface area contributed by atoms with Gasteiger partial charge in [0.25, 0.3) is 5.69 Å². The molecule has 0 atom stereocenters. The van der Waals surface area contributed by atoms with E-state index in [4.69, 9.17) is 0 Å². The largest absolute Gasteiger partial charge is 0.368 e. The molecule has 0 saturated carbocycles. The molecule has 2 amide bonds. The van der Waals surface area contributed by atoms with Crippen LogP contribution in [0.1, 0.15) is 5.56 Å². The van der Waals surface area contributed by atoms with Gasteiger partial charge in [0.15, 0.2) is 0 Å². The SMILES string of the molecule is Cc1cccc(N2CCN(C(=O)Nc3cccc([N+](=O)[O-])c3)CC2)c1. The van der Waals surface area contributed by atoms with Gasteiger partial charge in [-0.25, -0.2) is 4.79 Å². The number of carbonyl (C=O) groups excluding carboxylic acids is 1. The number of hydrogen-bond donors (Lipinski definition) is 1. The Morgan fingerprint density at radius 3 is 2.48 bits per heavy atom. The van der Waals surface area contributed by atoms with E-state index in [-0.39, 0.29) is 11.7 Å². The fourth-order valence-corrected chi connectivity index (χ4v) is 2.89. The van der Waals surface area contributed by atoms with Crippen molar-refractivity contribution in [3.05, 3.63) is 64.2 Å². The predicted molar refractivity (Wildman–Crippen MR) is 97.1 cm³/mol. The number of hydrogen-bond acceptors (Lipinski definition) is 4. The Kier molecular flexibility index (Phi) is 4.83. The minimum atomic E-state index is -0.476. The predicted octanol–water partition coefficient (Wildman–Crippen LogP) is 3.26. The highest BCUT2D eigenvalue weighted by molar-refractivity contribution is 5.89. The van der Waals surface area contributed by atoms with Crippen molar-refractivity contribution in [1.82, 2.24) is 4.90 Å². The summed E-state index contributed by atoms with van der Waals surface area (Å²) in [6, 6.07) is 14.0. The molecule has 1 aliphatic rings. The summed E-state index contributed by atoms with van der Waals surface area (Å²) in [7, 11) is 0. The summed E-state index contributed by atoms with van der Waals surface area (Å²) in [6.07, 6.45) is 0. The smallest absolute Gasteiger partial charge is 0.321 e. The number of aryl methyl sites for hydroxylation is 1. The first kappa shape index (κ1) is 16.8. The number of anilines is 2. The maximum atomic E-state index is 12.4. The first-order valence-electron chi connectivity index (χ1n) is 8.15. The molecule has 0 aliphatic carbocycles.